The molecule has 1 aliphatic heterocycles. The maximum Gasteiger partial charge on any atom is 0.285 e. The zero-order valence-corrected chi connectivity index (χ0v) is 18.3. The minimum Gasteiger partial charge on any atom is -0.398 e. The van der Waals surface area contributed by atoms with Gasteiger partial charge in [0.1, 0.15) is 6.61 Å². The van der Waals surface area contributed by atoms with Gasteiger partial charge < -0.3 is 31.8 Å². The van der Waals surface area contributed by atoms with Crippen LogP contribution in [0.2, 0.25) is 10.0 Å². The lowest BCUT2D eigenvalue weighted by Gasteiger charge is -2.27. The quantitative estimate of drug-likeness (QED) is 0.285. The fourth-order valence-corrected chi connectivity index (χ4v) is 3.94. The van der Waals surface area contributed by atoms with Gasteiger partial charge in [0, 0.05) is 66.6 Å². The van der Waals surface area contributed by atoms with Crippen LogP contribution >= 0.6 is 23.2 Å². The van der Waals surface area contributed by atoms with Gasteiger partial charge in [0.05, 0.1) is 15.6 Å². The zero-order valence-electron chi connectivity index (χ0n) is 16.8. The van der Waals surface area contributed by atoms with Crippen LogP contribution in [-0.4, -0.2) is 65.8 Å². The predicted molar refractivity (Wildman–Crippen MR) is 121 cm³/mol. The van der Waals surface area contributed by atoms with Crippen LogP contribution in [0, 0.1) is 0 Å². The summed E-state index contributed by atoms with van der Waals surface area (Å²) in [6.45, 7) is 1.15. The van der Waals surface area contributed by atoms with Crippen molar-refractivity contribution in [2.45, 2.75) is 13.0 Å². The summed E-state index contributed by atoms with van der Waals surface area (Å²) in [5.74, 6) is -0.519. The van der Waals surface area contributed by atoms with E-state index in [-0.39, 0.29) is 18.4 Å². The van der Waals surface area contributed by atoms with E-state index in [0.29, 0.717) is 59.4 Å². The van der Waals surface area contributed by atoms with E-state index in [1.54, 1.807) is 23.3 Å². The predicted octanol–water partition coefficient (Wildman–Crippen LogP) is -1.12. The Morgan fingerprint density at radius 1 is 1.39 bits per heavy atom. The average molecular weight is 468 g/mol. The summed E-state index contributed by atoms with van der Waals surface area (Å²) in [7, 11) is 0. The number of allylic oxidation sites excluding steroid dienone is 1. The fourth-order valence-electron chi connectivity index (χ4n) is 3.54. The zero-order chi connectivity index (χ0) is 22.5. The topological polar surface area (TPSA) is 151 Å². The number of nitrogens with two attached hydrogens (primary N) is 2. The monoisotopic (exact) mass is 467 g/mol. The Balaban J connectivity index is 1.95. The number of fused-ring (bicyclic) bond motifs is 3. The first-order valence-corrected chi connectivity index (χ1v) is 10.5. The number of aromatic amines is 1. The second-order valence-electron chi connectivity index (χ2n) is 7.08. The van der Waals surface area contributed by atoms with Gasteiger partial charge in [-0.3, -0.25) is 9.59 Å². The number of nitrogens with one attached hydrogen (secondary N) is 3. The van der Waals surface area contributed by atoms with E-state index in [1.807, 2.05) is 0 Å². The highest BCUT2D eigenvalue weighted by atomic mass is 35.5. The van der Waals surface area contributed by atoms with Crippen LogP contribution in [0.1, 0.15) is 16.8 Å². The summed E-state index contributed by atoms with van der Waals surface area (Å²) < 4.78 is 0. The van der Waals surface area contributed by atoms with Crippen molar-refractivity contribution in [2.24, 2.45) is 11.5 Å². The highest BCUT2D eigenvalue weighted by Gasteiger charge is 2.27. The molecular weight excluding hydrogens is 443 g/mol. The summed E-state index contributed by atoms with van der Waals surface area (Å²) in [4.78, 5) is 31.4. The summed E-state index contributed by atoms with van der Waals surface area (Å²) in [5.41, 5.74) is 15.2. The van der Waals surface area contributed by atoms with Gasteiger partial charge in [0.15, 0.2) is 6.21 Å². The molecule has 0 aliphatic carbocycles. The number of nitrogens with zero attached hydrogens (tertiary/aromatic N) is 1. The Bertz CT molecular complexity index is 1060. The van der Waals surface area contributed by atoms with E-state index in [2.05, 4.69) is 15.3 Å². The van der Waals surface area contributed by atoms with Crippen LogP contribution in [0.3, 0.4) is 0 Å². The number of carbonyl (C=O) groups is 2. The molecule has 0 atom stereocenters. The number of H-pyrrole nitrogens is 1. The maximum atomic E-state index is 12.0. The summed E-state index contributed by atoms with van der Waals surface area (Å²) >= 11 is 12.8. The van der Waals surface area contributed by atoms with Gasteiger partial charge >= 0.3 is 0 Å². The first kappa shape index (κ1) is 23.1. The molecule has 8 N–H and O–H groups in total. The Morgan fingerprint density at radius 3 is 2.87 bits per heavy atom. The van der Waals surface area contributed by atoms with Crippen LogP contribution in [0.5, 0.6) is 0 Å². The summed E-state index contributed by atoms with van der Waals surface area (Å²) in [6.07, 6.45) is 3.80. The van der Waals surface area contributed by atoms with E-state index in [9.17, 15) is 14.7 Å². The number of halogens is 2. The van der Waals surface area contributed by atoms with Crippen LogP contribution < -0.4 is 21.8 Å². The van der Waals surface area contributed by atoms with Crippen molar-refractivity contribution >= 4 is 57.8 Å². The van der Waals surface area contributed by atoms with E-state index >= 15 is 0 Å². The molecule has 0 spiro atoms. The second kappa shape index (κ2) is 10.1. The molecule has 1 aromatic heterocycles. The molecule has 31 heavy (non-hydrogen) atoms. The number of aliphatic hydroxyl groups is 1. The third-order valence-corrected chi connectivity index (χ3v) is 5.84. The third kappa shape index (κ3) is 5.01. The SMILES string of the molecule is NCCNC(=O)C[NH+]=C/C=C(\N)c1cc(Cl)c(Cl)c2[nH]c3c(c12)CN(C(=O)CO)CC3. The maximum absolute atomic E-state index is 12.0. The van der Waals surface area contributed by atoms with Gasteiger partial charge in [-0.25, -0.2) is 4.99 Å². The summed E-state index contributed by atoms with van der Waals surface area (Å²) in [6, 6.07) is 1.68. The van der Waals surface area contributed by atoms with Gasteiger partial charge in [-0.15, -0.1) is 0 Å². The standard InChI is InChI=1S/C20H24Cl2N6O3/c21-13-7-11(14(24)1-4-25-8-16(30)26-5-3-23)18-12-9-28(17(31)10-29)6-2-15(12)27-20(18)19(13)22/h1,4,7,27,29H,2-3,5-6,8-10,23-24H2,(H,26,30)/p+1/b14-1-,25-4?. The molecule has 0 unspecified atom stereocenters. The van der Waals surface area contributed by atoms with E-state index in [0.717, 1.165) is 16.6 Å². The van der Waals surface area contributed by atoms with E-state index in [4.69, 9.17) is 34.7 Å². The molecule has 0 bridgehead atoms. The number of benzene rings is 1. The van der Waals surface area contributed by atoms with Gasteiger partial charge in [0.25, 0.3) is 5.91 Å². The van der Waals surface area contributed by atoms with Crippen molar-refractivity contribution in [3.05, 3.63) is 39.0 Å². The van der Waals surface area contributed by atoms with Crippen molar-refractivity contribution in [3.8, 4) is 0 Å². The smallest absolute Gasteiger partial charge is 0.285 e. The molecular formula is C20H25Cl2N6O3+. The lowest BCUT2D eigenvalue weighted by atomic mass is 9.99. The Kier molecular flexibility index (Phi) is 7.55. The van der Waals surface area contributed by atoms with Gasteiger partial charge in [0.2, 0.25) is 12.5 Å². The van der Waals surface area contributed by atoms with Crippen molar-refractivity contribution in [2.75, 3.05) is 32.8 Å². The number of hydrogen-bond acceptors (Lipinski definition) is 5. The fraction of sp³-hybridized carbons (Fsp3) is 0.350. The molecule has 0 radical (unpaired) electrons. The van der Waals surface area contributed by atoms with Gasteiger partial charge in [-0.05, 0) is 6.07 Å². The third-order valence-electron chi connectivity index (χ3n) is 5.05. The Hall–Kier alpha value is -2.59. The van der Waals surface area contributed by atoms with Crippen LogP contribution in [0.25, 0.3) is 16.6 Å². The molecule has 3 rings (SSSR count). The number of aromatic nitrogens is 1. The Morgan fingerprint density at radius 2 is 2.16 bits per heavy atom. The second-order valence-corrected chi connectivity index (χ2v) is 7.87. The van der Waals surface area contributed by atoms with Gasteiger partial charge in [-0.1, -0.05) is 23.2 Å². The average Bonchev–Trinajstić information content (AvgIpc) is 3.16. The molecule has 9 nitrogen and oxygen atoms in total. The molecule has 0 saturated carbocycles. The van der Waals surface area contributed by atoms with Gasteiger partial charge in [-0.2, -0.15) is 0 Å². The first-order chi connectivity index (χ1) is 14.9. The molecule has 1 aromatic carbocycles. The molecule has 2 heterocycles. The van der Waals surface area contributed by atoms with Crippen LogP contribution in [-0.2, 0) is 22.6 Å². The van der Waals surface area contributed by atoms with E-state index in [1.165, 1.54) is 0 Å². The lowest BCUT2D eigenvalue weighted by molar-refractivity contribution is -0.437. The Labute approximate surface area is 189 Å². The molecule has 0 fully saturated rings. The van der Waals surface area contributed by atoms with Crippen molar-refractivity contribution in [3.63, 3.8) is 0 Å². The van der Waals surface area contributed by atoms with E-state index < -0.39 is 6.61 Å². The molecule has 2 amide bonds. The largest absolute Gasteiger partial charge is 0.398 e. The number of amides is 2. The van der Waals surface area contributed by atoms with Crippen molar-refractivity contribution in [1.29, 1.82) is 0 Å². The molecule has 0 saturated heterocycles. The summed E-state index contributed by atoms with van der Waals surface area (Å²) in [5, 5.41) is 13.4. The lowest BCUT2D eigenvalue weighted by Crippen LogP contribution is -2.72. The molecule has 11 heteroatoms. The van der Waals surface area contributed by atoms with Crippen LogP contribution in [0.4, 0.5) is 0 Å². The highest BCUT2D eigenvalue weighted by Crippen LogP contribution is 2.39. The molecule has 166 valence electrons. The number of rotatable bonds is 7. The minimum absolute atomic E-state index is 0.0817. The number of aliphatic hydroxyl groups excluding tert-OH is 1. The highest BCUT2D eigenvalue weighted by molar-refractivity contribution is 6.45. The minimum atomic E-state index is -0.543. The van der Waals surface area contributed by atoms with Crippen molar-refractivity contribution < 1.29 is 19.7 Å². The molecule has 2 aromatic rings. The van der Waals surface area contributed by atoms with Crippen LogP contribution in [0.15, 0.2) is 12.1 Å². The van der Waals surface area contributed by atoms with Crippen molar-refractivity contribution in [1.82, 2.24) is 15.2 Å². The number of carbonyl (C=O) groups excluding carboxylic acids is 2. The normalized spacial score (nSPS) is 14.3. The first-order valence-electron chi connectivity index (χ1n) is 9.76. The number of hydrogen-bond donors (Lipinski definition) is 6. The molecule has 1 aliphatic rings.